The molecule has 5 nitrogen and oxygen atoms in total. The molecule has 0 unspecified atom stereocenters. The molecule has 2 saturated heterocycles. The van der Waals surface area contributed by atoms with Crippen LogP contribution < -0.4 is 0 Å². The standard InChI is InChI=1S/C15H17FN2O3S/c16-11-3-1-10(2-4-11)13-5-12(19)6-18(13)14(20)7-17-9-22-8-15(17)21/h1-4,12-13,19H,5-9H2/t12-,13+/m1/s1. The van der Waals surface area contributed by atoms with Crippen LogP contribution in [0.3, 0.4) is 0 Å². The van der Waals surface area contributed by atoms with Crippen LogP contribution in [-0.4, -0.2) is 57.5 Å². The number of aliphatic hydroxyl groups is 1. The number of carbonyl (C=O) groups is 2. The average molecular weight is 324 g/mol. The monoisotopic (exact) mass is 324 g/mol. The van der Waals surface area contributed by atoms with Gasteiger partial charge in [-0.3, -0.25) is 9.59 Å². The average Bonchev–Trinajstić information content (AvgIpc) is 3.06. The first-order chi connectivity index (χ1) is 10.5. The fourth-order valence-corrected chi connectivity index (χ4v) is 3.79. The SMILES string of the molecule is O=C1CSCN1CC(=O)N1C[C@H](O)C[C@H]1c1ccc(F)cc1. The fourth-order valence-electron chi connectivity index (χ4n) is 2.88. The molecule has 3 rings (SSSR count). The van der Waals surface area contributed by atoms with Crippen molar-refractivity contribution in [2.75, 3.05) is 24.7 Å². The fraction of sp³-hybridized carbons (Fsp3) is 0.467. The van der Waals surface area contributed by atoms with Crippen LogP contribution in [0.5, 0.6) is 0 Å². The lowest BCUT2D eigenvalue weighted by molar-refractivity contribution is -0.138. The lowest BCUT2D eigenvalue weighted by Gasteiger charge is -2.27. The van der Waals surface area contributed by atoms with Crippen LogP contribution in [0.4, 0.5) is 4.39 Å². The van der Waals surface area contributed by atoms with Crippen molar-refractivity contribution in [3.63, 3.8) is 0 Å². The van der Waals surface area contributed by atoms with Crippen molar-refractivity contribution >= 4 is 23.6 Å². The molecule has 1 aromatic rings. The molecule has 0 aromatic heterocycles. The molecule has 0 bridgehead atoms. The molecule has 2 atom stereocenters. The molecule has 1 aromatic carbocycles. The summed E-state index contributed by atoms with van der Waals surface area (Å²) >= 11 is 1.49. The molecule has 22 heavy (non-hydrogen) atoms. The van der Waals surface area contributed by atoms with Crippen LogP contribution in [0, 0.1) is 5.82 Å². The maximum atomic E-state index is 13.0. The van der Waals surface area contributed by atoms with Gasteiger partial charge in [0.25, 0.3) is 0 Å². The predicted molar refractivity (Wildman–Crippen MR) is 80.5 cm³/mol. The topological polar surface area (TPSA) is 60.9 Å². The number of aliphatic hydroxyl groups excluding tert-OH is 1. The third-order valence-electron chi connectivity index (χ3n) is 4.01. The van der Waals surface area contributed by atoms with Gasteiger partial charge in [-0.2, -0.15) is 0 Å². The molecule has 0 saturated carbocycles. The van der Waals surface area contributed by atoms with Crippen LogP contribution in [0.1, 0.15) is 18.0 Å². The van der Waals surface area contributed by atoms with E-state index in [1.165, 1.54) is 28.8 Å². The highest BCUT2D eigenvalue weighted by Crippen LogP contribution is 2.32. The Kier molecular flexibility index (Phi) is 4.35. The van der Waals surface area contributed by atoms with Gasteiger partial charge in [-0.15, -0.1) is 11.8 Å². The van der Waals surface area contributed by atoms with E-state index < -0.39 is 6.10 Å². The molecule has 1 N–H and O–H groups in total. The van der Waals surface area contributed by atoms with E-state index >= 15 is 0 Å². The highest BCUT2D eigenvalue weighted by molar-refractivity contribution is 8.00. The second-order valence-corrected chi connectivity index (χ2v) is 6.53. The quantitative estimate of drug-likeness (QED) is 0.901. The van der Waals surface area contributed by atoms with Crippen molar-refractivity contribution in [3.8, 4) is 0 Å². The van der Waals surface area contributed by atoms with Gasteiger partial charge in [-0.1, -0.05) is 12.1 Å². The van der Waals surface area contributed by atoms with Gasteiger partial charge < -0.3 is 14.9 Å². The molecular formula is C15H17FN2O3S. The minimum Gasteiger partial charge on any atom is -0.391 e. The Morgan fingerprint density at radius 1 is 1.36 bits per heavy atom. The van der Waals surface area contributed by atoms with E-state index in [0.29, 0.717) is 18.1 Å². The van der Waals surface area contributed by atoms with Gasteiger partial charge in [0.1, 0.15) is 12.4 Å². The van der Waals surface area contributed by atoms with Gasteiger partial charge in [0.15, 0.2) is 0 Å². The van der Waals surface area contributed by atoms with Gasteiger partial charge in [0.05, 0.1) is 23.8 Å². The number of carbonyl (C=O) groups excluding carboxylic acids is 2. The second-order valence-electron chi connectivity index (χ2n) is 5.57. The number of rotatable bonds is 3. The van der Waals surface area contributed by atoms with Crippen molar-refractivity contribution < 1.29 is 19.1 Å². The molecule has 118 valence electrons. The number of likely N-dealkylation sites (tertiary alicyclic amines) is 1. The van der Waals surface area contributed by atoms with Gasteiger partial charge in [0, 0.05) is 6.54 Å². The summed E-state index contributed by atoms with van der Waals surface area (Å²) in [5.41, 5.74) is 0.799. The Morgan fingerprint density at radius 2 is 2.09 bits per heavy atom. The smallest absolute Gasteiger partial charge is 0.242 e. The lowest BCUT2D eigenvalue weighted by Crippen LogP contribution is -2.41. The van der Waals surface area contributed by atoms with Gasteiger partial charge >= 0.3 is 0 Å². The zero-order valence-electron chi connectivity index (χ0n) is 11.9. The molecule has 7 heteroatoms. The zero-order chi connectivity index (χ0) is 15.7. The van der Waals surface area contributed by atoms with Gasteiger partial charge in [0.2, 0.25) is 11.8 Å². The first kappa shape index (κ1) is 15.3. The Labute approximate surface area is 132 Å². The van der Waals surface area contributed by atoms with Crippen molar-refractivity contribution in [1.82, 2.24) is 9.80 Å². The molecule has 2 amide bonds. The van der Waals surface area contributed by atoms with Gasteiger partial charge in [-0.05, 0) is 24.1 Å². The number of β-amino-alcohol motifs (C(OH)–C–C–N with tert-alkyl or cyclic N) is 1. The normalized spacial score (nSPS) is 25.1. The Balaban J connectivity index is 1.73. The van der Waals surface area contributed by atoms with Crippen LogP contribution in [0.25, 0.3) is 0 Å². The van der Waals surface area contributed by atoms with E-state index in [1.54, 1.807) is 17.0 Å². The van der Waals surface area contributed by atoms with Crippen LogP contribution in [0.2, 0.25) is 0 Å². The van der Waals surface area contributed by atoms with E-state index in [9.17, 15) is 19.1 Å². The molecule has 0 radical (unpaired) electrons. The number of halogens is 1. The minimum absolute atomic E-state index is 0.0311. The maximum Gasteiger partial charge on any atom is 0.242 e. The number of nitrogens with zero attached hydrogens (tertiary/aromatic N) is 2. The summed E-state index contributed by atoms with van der Waals surface area (Å²) in [7, 11) is 0. The minimum atomic E-state index is -0.595. The summed E-state index contributed by atoms with van der Waals surface area (Å²) in [5, 5.41) is 9.90. The van der Waals surface area contributed by atoms with E-state index in [1.807, 2.05) is 0 Å². The second kappa shape index (κ2) is 6.26. The number of hydrogen-bond acceptors (Lipinski definition) is 4. The summed E-state index contributed by atoms with van der Waals surface area (Å²) in [4.78, 5) is 27.2. The lowest BCUT2D eigenvalue weighted by atomic mass is 10.0. The van der Waals surface area contributed by atoms with E-state index in [0.717, 1.165) is 5.56 Å². The van der Waals surface area contributed by atoms with Gasteiger partial charge in [-0.25, -0.2) is 4.39 Å². The first-order valence-electron chi connectivity index (χ1n) is 7.13. The van der Waals surface area contributed by atoms with Crippen LogP contribution >= 0.6 is 11.8 Å². The predicted octanol–water partition coefficient (Wildman–Crippen LogP) is 0.993. The first-order valence-corrected chi connectivity index (χ1v) is 8.28. The molecule has 2 fully saturated rings. The van der Waals surface area contributed by atoms with E-state index in [2.05, 4.69) is 0 Å². The van der Waals surface area contributed by atoms with Crippen LogP contribution in [-0.2, 0) is 9.59 Å². The van der Waals surface area contributed by atoms with E-state index in [4.69, 9.17) is 0 Å². The molecule has 0 spiro atoms. The third kappa shape index (κ3) is 3.10. The third-order valence-corrected chi connectivity index (χ3v) is 4.95. The van der Waals surface area contributed by atoms with Crippen molar-refractivity contribution in [3.05, 3.63) is 35.6 Å². The highest BCUT2D eigenvalue weighted by atomic mass is 32.2. The molecule has 2 heterocycles. The molecule has 2 aliphatic rings. The van der Waals surface area contributed by atoms with E-state index in [-0.39, 0.29) is 36.8 Å². The van der Waals surface area contributed by atoms with Crippen molar-refractivity contribution in [1.29, 1.82) is 0 Å². The Bertz CT molecular complexity index is 581. The number of benzene rings is 1. The maximum absolute atomic E-state index is 13.0. The molecule has 0 aliphatic carbocycles. The van der Waals surface area contributed by atoms with Crippen molar-refractivity contribution in [2.24, 2.45) is 0 Å². The summed E-state index contributed by atoms with van der Waals surface area (Å²) in [6.45, 7) is 0.284. The van der Waals surface area contributed by atoms with Crippen LogP contribution in [0.15, 0.2) is 24.3 Å². The summed E-state index contributed by atoms with van der Waals surface area (Å²) in [5.74, 6) is 0.400. The Hall–Kier alpha value is -1.60. The van der Waals surface area contributed by atoms with Crippen molar-refractivity contribution in [2.45, 2.75) is 18.6 Å². The summed E-state index contributed by atoms with van der Waals surface area (Å²) < 4.78 is 13.0. The zero-order valence-corrected chi connectivity index (χ0v) is 12.8. The number of hydrogen-bond donors (Lipinski definition) is 1. The highest BCUT2D eigenvalue weighted by Gasteiger charge is 2.36. The largest absolute Gasteiger partial charge is 0.391 e. The molecular weight excluding hydrogens is 307 g/mol. The molecule has 2 aliphatic heterocycles. The Morgan fingerprint density at radius 3 is 2.73 bits per heavy atom. The number of amides is 2. The number of thioether (sulfide) groups is 1. The summed E-state index contributed by atoms with van der Waals surface area (Å²) in [6.07, 6.45) is -0.164. The summed E-state index contributed by atoms with van der Waals surface area (Å²) in [6, 6.07) is 5.70.